The highest BCUT2D eigenvalue weighted by Crippen LogP contribution is 2.35. The van der Waals surface area contributed by atoms with Gasteiger partial charge >= 0.3 is 6.18 Å². The molecule has 0 aromatic heterocycles. The summed E-state index contributed by atoms with van der Waals surface area (Å²) in [4.78, 5) is 10.4. The van der Waals surface area contributed by atoms with Gasteiger partial charge in [0.1, 0.15) is 0 Å². The topological polar surface area (TPSA) is 29.1 Å². The summed E-state index contributed by atoms with van der Waals surface area (Å²) in [6.45, 7) is 3.45. The van der Waals surface area contributed by atoms with Gasteiger partial charge in [0.05, 0.1) is 10.6 Å². The highest BCUT2D eigenvalue weighted by Gasteiger charge is 2.33. The van der Waals surface area contributed by atoms with Crippen LogP contribution in [0.4, 0.5) is 13.2 Å². The Kier molecular flexibility index (Phi) is 4.27. The monoisotopic (exact) mass is 279 g/mol. The highest BCUT2D eigenvalue weighted by atomic mass is 35.5. The van der Waals surface area contributed by atoms with Crippen molar-refractivity contribution in [2.75, 3.05) is 0 Å². The molecule has 6 heteroatoms. The molecule has 0 aliphatic carbocycles. The van der Waals surface area contributed by atoms with Crippen LogP contribution in [0.15, 0.2) is 18.2 Å². The van der Waals surface area contributed by atoms with Crippen LogP contribution in [-0.4, -0.2) is 11.9 Å². The summed E-state index contributed by atoms with van der Waals surface area (Å²) in [7, 11) is 0. The van der Waals surface area contributed by atoms with Crippen molar-refractivity contribution in [2.24, 2.45) is 0 Å². The molecule has 0 saturated heterocycles. The van der Waals surface area contributed by atoms with E-state index in [0.29, 0.717) is 12.0 Å². The second-order valence-electron chi connectivity index (χ2n) is 4.63. The third-order valence-corrected chi connectivity index (χ3v) is 2.76. The average molecular weight is 280 g/mol. The normalized spacial score (nSPS) is 12.3. The molecule has 1 aromatic carbocycles. The van der Waals surface area contributed by atoms with Crippen LogP contribution in [0.5, 0.6) is 0 Å². The van der Waals surface area contributed by atoms with Crippen molar-refractivity contribution in [3.63, 3.8) is 0 Å². The maximum atomic E-state index is 12.7. The summed E-state index contributed by atoms with van der Waals surface area (Å²) < 4.78 is 38.0. The van der Waals surface area contributed by atoms with Crippen LogP contribution in [0.2, 0.25) is 5.02 Å². The van der Waals surface area contributed by atoms with Crippen LogP contribution >= 0.6 is 11.6 Å². The Morgan fingerprint density at radius 3 is 2.44 bits per heavy atom. The maximum absolute atomic E-state index is 12.7. The fraction of sp³-hybridized carbons (Fsp3) is 0.417. The van der Waals surface area contributed by atoms with E-state index in [9.17, 15) is 18.0 Å². The molecule has 1 N–H and O–H groups in total. The Hall–Kier alpha value is -1.23. The number of carbonyl (C=O) groups is 1. The second-order valence-corrected chi connectivity index (χ2v) is 5.04. The Morgan fingerprint density at radius 2 is 1.94 bits per heavy atom. The third kappa shape index (κ3) is 3.91. The van der Waals surface area contributed by atoms with Crippen molar-refractivity contribution in [2.45, 2.75) is 32.0 Å². The SMILES string of the molecule is CC(C)(Cc1ccc(Cl)c(C(F)(F)F)c1)NC=O. The van der Waals surface area contributed by atoms with E-state index in [-0.39, 0.29) is 11.4 Å². The number of carbonyl (C=O) groups excluding carboxylic acids is 1. The molecule has 0 aliphatic heterocycles. The molecular formula is C12H13ClF3NO. The molecule has 18 heavy (non-hydrogen) atoms. The predicted octanol–water partition coefficient (Wildman–Crippen LogP) is 3.43. The second kappa shape index (κ2) is 5.18. The Balaban J connectivity index is 3.03. The first-order chi connectivity index (χ1) is 8.15. The van der Waals surface area contributed by atoms with Gasteiger partial charge in [-0.3, -0.25) is 4.79 Å². The lowest BCUT2D eigenvalue weighted by Crippen LogP contribution is -2.40. The van der Waals surface area contributed by atoms with Gasteiger partial charge in [-0.1, -0.05) is 17.7 Å². The fourth-order valence-electron chi connectivity index (χ4n) is 1.62. The zero-order chi connectivity index (χ0) is 14.0. The van der Waals surface area contributed by atoms with E-state index in [1.807, 2.05) is 0 Å². The van der Waals surface area contributed by atoms with Crippen molar-refractivity contribution >= 4 is 18.0 Å². The smallest absolute Gasteiger partial charge is 0.353 e. The first kappa shape index (κ1) is 14.8. The van der Waals surface area contributed by atoms with Crippen molar-refractivity contribution in [3.8, 4) is 0 Å². The molecule has 1 rings (SSSR count). The first-order valence-electron chi connectivity index (χ1n) is 5.23. The Morgan fingerprint density at radius 1 is 1.33 bits per heavy atom. The molecule has 0 radical (unpaired) electrons. The average Bonchev–Trinajstić information content (AvgIpc) is 2.18. The molecule has 0 spiro atoms. The number of amides is 1. The molecule has 1 aromatic rings. The molecule has 0 bridgehead atoms. The van der Waals surface area contributed by atoms with Gasteiger partial charge in [0.25, 0.3) is 0 Å². The number of benzene rings is 1. The van der Waals surface area contributed by atoms with Gasteiger partial charge in [-0.05, 0) is 38.0 Å². The lowest BCUT2D eigenvalue weighted by atomic mass is 9.94. The molecule has 0 aliphatic rings. The first-order valence-corrected chi connectivity index (χ1v) is 5.60. The van der Waals surface area contributed by atoms with Crippen LogP contribution in [0.3, 0.4) is 0 Å². The zero-order valence-electron chi connectivity index (χ0n) is 9.94. The maximum Gasteiger partial charge on any atom is 0.417 e. The quantitative estimate of drug-likeness (QED) is 0.841. The lowest BCUT2D eigenvalue weighted by Gasteiger charge is -2.24. The van der Waals surface area contributed by atoms with Gasteiger partial charge in [-0.15, -0.1) is 0 Å². The number of alkyl halides is 3. The molecule has 0 saturated carbocycles. The molecule has 0 unspecified atom stereocenters. The van der Waals surface area contributed by atoms with E-state index < -0.39 is 17.3 Å². The van der Waals surface area contributed by atoms with Gasteiger partial charge in [0, 0.05) is 5.54 Å². The van der Waals surface area contributed by atoms with Gasteiger partial charge in [0.15, 0.2) is 0 Å². The summed E-state index contributed by atoms with van der Waals surface area (Å²) in [5.41, 5.74) is -1.01. The van der Waals surface area contributed by atoms with Crippen LogP contribution in [-0.2, 0) is 17.4 Å². The largest absolute Gasteiger partial charge is 0.417 e. The van der Waals surface area contributed by atoms with Crippen LogP contribution < -0.4 is 5.32 Å². The Bertz CT molecular complexity index is 443. The zero-order valence-corrected chi connectivity index (χ0v) is 10.7. The van der Waals surface area contributed by atoms with E-state index in [4.69, 9.17) is 11.6 Å². The summed E-state index contributed by atoms with van der Waals surface area (Å²) in [6.07, 6.45) is -3.66. The predicted molar refractivity (Wildman–Crippen MR) is 63.4 cm³/mol. The van der Waals surface area contributed by atoms with E-state index in [1.54, 1.807) is 13.8 Å². The van der Waals surface area contributed by atoms with E-state index >= 15 is 0 Å². The fourth-order valence-corrected chi connectivity index (χ4v) is 1.85. The van der Waals surface area contributed by atoms with Crippen LogP contribution in [0.25, 0.3) is 0 Å². The summed E-state index contributed by atoms with van der Waals surface area (Å²) in [5, 5.41) is 2.22. The molecule has 100 valence electrons. The highest BCUT2D eigenvalue weighted by molar-refractivity contribution is 6.31. The number of hydrogen-bond acceptors (Lipinski definition) is 1. The number of nitrogens with one attached hydrogen (secondary N) is 1. The molecule has 0 atom stereocenters. The summed E-state index contributed by atoms with van der Waals surface area (Å²) in [6, 6.07) is 3.75. The van der Waals surface area contributed by atoms with Crippen molar-refractivity contribution in [1.82, 2.24) is 5.32 Å². The summed E-state index contributed by atoms with van der Waals surface area (Å²) in [5.74, 6) is 0. The number of halogens is 4. The standard InChI is InChI=1S/C12H13ClF3NO/c1-11(2,17-7-18)6-8-3-4-10(13)9(5-8)12(14,15)16/h3-5,7H,6H2,1-2H3,(H,17,18). The lowest BCUT2D eigenvalue weighted by molar-refractivity contribution is -0.137. The van der Waals surface area contributed by atoms with Gasteiger partial charge in [0.2, 0.25) is 6.41 Å². The van der Waals surface area contributed by atoms with Crippen molar-refractivity contribution in [3.05, 3.63) is 34.3 Å². The van der Waals surface area contributed by atoms with Crippen molar-refractivity contribution in [1.29, 1.82) is 0 Å². The molecule has 1 amide bonds. The minimum Gasteiger partial charge on any atom is -0.353 e. The van der Waals surface area contributed by atoms with E-state index in [2.05, 4.69) is 5.32 Å². The van der Waals surface area contributed by atoms with Gasteiger partial charge < -0.3 is 5.32 Å². The van der Waals surface area contributed by atoms with Gasteiger partial charge in [-0.2, -0.15) is 13.2 Å². The molecule has 0 fully saturated rings. The van der Waals surface area contributed by atoms with Gasteiger partial charge in [-0.25, -0.2) is 0 Å². The van der Waals surface area contributed by atoms with Crippen LogP contribution in [0.1, 0.15) is 25.0 Å². The van der Waals surface area contributed by atoms with Crippen LogP contribution in [0, 0.1) is 0 Å². The molecule has 0 heterocycles. The number of hydrogen-bond donors (Lipinski definition) is 1. The molecular weight excluding hydrogens is 267 g/mol. The van der Waals surface area contributed by atoms with Crippen molar-refractivity contribution < 1.29 is 18.0 Å². The Labute approximate surface area is 108 Å². The van der Waals surface area contributed by atoms with E-state index in [1.165, 1.54) is 12.1 Å². The van der Waals surface area contributed by atoms with E-state index in [0.717, 1.165) is 6.07 Å². The minimum absolute atomic E-state index is 0.284. The summed E-state index contributed by atoms with van der Waals surface area (Å²) >= 11 is 5.52. The minimum atomic E-state index is -4.48. The number of rotatable bonds is 4. The molecule has 2 nitrogen and oxygen atoms in total. The third-order valence-electron chi connectivity index (χ3n) is 2.43.